The van der Waals surface area contributed by atoms with Gasteiger partial charge in [0, 0.05) is 12.6 Å². The first-order valence-electron chi connectivity index (χ1n) is 9.43. The van der Waals surface area contributed by atoms with Crippen LogP contribution in [0.3, 0.4) is 0 Å². The normalized spacial score (nSPS) is 18.1. The first-order valence-corrected chi connectivity index (χ1v) is 9.43. The maximum absolute atomic E-state index is 15.3. The molecule has 2 aromatic rings. The molecule has 3 rings (SSSR count). The molecule has 0 unspecified atom stereocenters. The number of amides is 3. The highest BCUT2D eigenvalue weighted by atomic mass is 19.1. The molecule has 32 heavy (non-hydrogen) atoms. The summed E-state index contributed by atoms with van der Waals surface area (Å²) >= 11 is 0. The molecule has 1 heterocycles. The van der Waals surface area contributed by atoms with Crippen molar-refractivity contribution in [2.75, 3.05) is 12.4 Å². The summed E-state index contributed by atoms with van der Waals surface area (Å²) in [6.07, 6.45) is -2.85. The van der Waals surface area contributed by atoms with Gasteiger partial charge in [-0.2, -0.15) is 0 Å². The summed E-state index contributed by atoms with van der Waals surface area (Å²) in [6.45, 7) is 1.29. The molecular weight excluding hydrogens is 426 g/mol. The number of nitrogens with one attached hydrogen (secondary N) is 2. The lowest BCUT2D eigenvalue weighted by Gasteiger charge is -2.35. The number of carbonyl (C=O) groups excluding carboxylic acids is 2. The number of hydrogen-bond acceptors (Lipinski definition) is 5. The molecule has 2 aromatic carbocycles. The third-order valence-electron chi connectivity index (χ3n) is 4.87. The minimum absolute atomic E-state index is 0.108. The Hall–Kier alpha value is -4.02. The van der Waals surface area contributed by atoms with Gasteiger partial charge in [0.05, 0.1) is 12.0 Å². The van der Waals surface area contributed by atoms with E-state index in [-0.39, 0.29) is 24.6 Å². The van der Waals surface area contributed by atoms with Gasteiger partial charge in [0.25, 0.3) is 0 Å². The summed E-state index contributed by atoms with van der Waals surface area (Å²) < 4.78 is 34.6. The SMILES string of the molecule is CN1C(=O)C[C@@](C)(c2ccc(F)c(NC(=O)OCc3ccccc3)c2F)N=C1NC(=O)O. The second-order valence-corrected chi connectivity index (χ2v) is 7.24. The zero-order valence-corrected chi connectivity index (χ0v) is 17.2. The Labute approximate surface area is 181 Å². The van der Waals surface area contributed by atoms with Crippen molar-refractivity contribution in [1.82, 2.24) is 10.2 Å². The van der Waals surface area contributed by atoms with E-state index in [9.17, 15) is 18.8 Å². The van der Waals surface area contributed by atoms with Gasteiger partial charge in [-0.25, -0.2) is 23.4 Å². The quantitative estimate of drug-likeness (QED) is 0.665. The van der Waals surface area contributed by atoms with Crippen LogP contribution in [0.15, 0.2) is 47.5 Å². The van der Waals surface area contributed by atoms with Crippen molar-refractivity contribution in [3.8, 4) is 0 Å². The maximum atomic E-state index is 15.3. The van der Waals surface area contributed by atoms with Crippen LogP contribution in [0.5, 0.6) is 0 Å². The van der Waals surface area contributed by atoms with E-state index in [1.165, 1.54) is 14.0 Å². The number of hydrogen-bond donors (Lipinski definition) is 3. The molecule has 168 valence electrons. The van der Waals surface area contributed by atoms with Crippen LogP contribution in [0.4, 0.5) is 24.1 Å². The van der Waals surface area contributed by atoms with Gasteiger partial charge in [0.15, 0.2) is 5.82 Å². The van der Waals surface area contributed by atoms with Crippen LogP contribution in [-0.4, -0.2) is 41.1 Å². The van der Waals surface area contributed by atoms with Gasteiger partial charge < -0.3 is 9.84 Å². The molecular formula is C21H20F2N4O5. The molecule has 1 atom stereocenters. The first-order chi connectivity index (χ1) is 15.1. The van der Waals surface area contributed by atoms with Crippen LogP contribution in [0.2, 0.25) is 0 Å². The minimum Gasteiger partial charge on any atom is -0.465 e. The lowest BCUT2D eigenvalue weighted by Crippen LogP contribution is -2.51. The average Bonchev–Trinajstić information content (AvgIpc) is 2.73. The largest absolute Gasteiger partial charge is 0.465 e. The predicted octanol–water partition coefficient (Wildman–Crippen LogP) is 3.41. The molecule has 3 N–H and O–H groups in total. The fourth-order valence-corrected chi connectivity index (χ4v) is 3.19. The number of halogens is 2. The topological polar surface area (TPSA) is 120 Å². The highest BCUT2D eigenvalue weighted by molar-refractivity contribution is 6.04. The van der Waals surface area contributed by atoms with Gasteiger partial charge in [-0.15, -0.1) is 0 Å². The molecule has 0 aliphatic carbocycles. The number of guanidine groups is 1. The van der Waals surface area contributed by atoms with E-state index in [0.717, 1.165) is 17.0 Å². The second kappa shape index (κ2) is 9.00. The summed E-state index contributed by atoms with van der Waals surface area (Å²) in [6, 6.07) is 10.7. The van der Waals surface area contributed by atoms with Crippen molar-refractivity contribution < 1.29 is 33.0 Å². The Bertz CT molecular complexity index is 1090. The van der Waals surface area contributed by atoms with E-state index < -0.39 is 41.0 Å². The van der Waals surface area contributed by atoms with E-state index in [1.807, 2.05) is 10.6 Å². The highest BCUT2D eigenvalue weighted by Gasteiger charge is 2.40. The molecule has 0 bridgehead atoms. The molecule has 11 heteroatoms. The van der Waals surface area contributed by atoms with Crippen LogP contribution in [0.1, 0.15) is 24.5 Å². The number of benzene rings is 2. The molecule has 0 saturated carbocycles. The van der Waals surface area contributed by atoms with Gasteiger partial charge in [-0.3, -0.25) is 20.3 Å². The number of ether oxygens (including phenoxy) is 1. The van der Waals surface area contributed by atoms with Gasteiger partial charge in [-0.05, 0) is 18.6 Å². The summed E-state index contributed by atoms with van der Waals surface area (Å²) in [5.74, 6) is -3.05. The van der Waals surface area contributed by atoms with Gasteiger partial charge in [0.1, 0.15) is 18.1 Å². The maximum Gasteiger partial charge on any atom is 0.412 e. The van der Waals surface area contributed by atoms with E-state index >= 15 is 4.39 Å². The Balaban J connectivity index is 1.88. The molecule has 1 aliphatic heterocycles. The van der Waals surface area contributed by atoms with Crippen molar-refractivity contribution in [3.63, 3.8) is 0 Å². The molecule has 0 fully saturated rings. The fraction of sp³-hybridized carbons (Fsp3) is 0.238. The predicted molar refractivity (Wildman–Crippen MR) is 110 cm³/mol. The van der Waals surface area contributed by atoms with Crippen molar-refractivity contribution in [2.45, 2.75) is 25.5 Å². The lowest BCUT2D eigenvalue weighted by molar-refractivity contribution is -0.128. The number of carbonyl (C=O) groups is 3. The van der Waals surface area contributed by atoms with Gasteiger partial charge in [-0.1, -0.05) is 36.4 Å². The summed E-state index contributed by atoms with van der Waals surface area (Å²) in [5.41, 5.74) is -1.84. The van der Waals surface area contributed by atoms with Crippen LogP contribution >= 0.6 is 0 Å². The van der Waals surface area contributed by atoms with Gasteiger partial charge in [0.2, 0.25) is 11.9 Å². The number of carboxylic acid groups (broad SMARTS) is 1. The third kappa shape index (κ3) is 4.82. The summed E-state index contributed by atoms with van der Waals surface area (Å²) in [5, 5.41) is 13.0. The van der Waals surface area contributed by atoms with E-state index in [4.69, 9.17) is 9.84 Å². The van der Waals surface area contributed by atoms with Crippen LogP contribution in [0.25, 0.3) is 0 Å². The zero-order valence-electron chi connectivity index (χ0n) is 17.2. The second-order valence-electron chi connectivity index (χ2n) is 7.24. The summed E-state index contributed by atoms with van der Waals surface area (Å²) in [4.78, 5) is 40.6. The molecule has 0 aromatic heterocycles. The minimum atomic E-state index is -1.55. The molecule has 9 nitrogen and oxygen atoms in total. The Morgan fingerprint density at radius 1 is 1.19 bits per heavy atom. The van der Waals surface area contributed by atoms with Crippen LogP contribution in [-0.2, 0) is 21.7 Å². The fourth-order valence-electron chi connectivity index (χ4n) is 3.19. The van der Waals surface area contributed by atoms with Crippen LogP contribution in [0, 0.1) is 11.6 Å². The van der Waals surface area contributed by atoms with Crippen molar-refractivity contribution in [3.05, 3.63) is 65.2 Å². The van der Waals surface area contributed by atoms with Gasteiger partial charge >= 0.3 is 12.2 Å². The van der Waals surface area contributed by atoms with Crippen LogP contribution < -0.4 is 10.6 Å². The van der Waals surface area contributed by atoms with Crippen molar-refractivity contribution >= 4 is 29.7 Å². The Morgan fingerprint density at radius 3 is 2.53 bits per heavy atom. The molecule has 3 amide bonds. The molecule has 0 radical (unpaired) electrons. The molecule has 0 saturated heterocycles. The Kier molecular flexibility index (Phi) is 6.37. The summed E-state index contributed by atoms with van der Waals surface area (Å²) in [7, 11) is 1.31. The smallest absolute Gasteiger partial charge is 0.412 e. The van der Waals surface area contributed by atoms with Crippen molar-refractivity contribution in [2.24, 2.45) is 4.99 Å². The number of aliphatic imine (C=N–C) groups is 1. The lowest BCUT2D eigenvalue weighted by atomic mass is 9.86. The van der Waals surface area contributed by atoms with E-state index in [1.54, 1.807) is 30.3 Å². The standard InChI is InChI=1S/C21H20F2N4O5/c1-21(10-15(28)27(2)18(26-21)25-19(29)30)13-8-9-14(22)17(16(13)23)24-20(31)32-11-12-6-4-3-5-7-12/h3-9H,10-11H2,1-2H3,(H,24,31)(H,25,26)(H,29,30)/t21-/m0/s1. The molecule has 1 aliphatic rings. The van der Waals surface area contributed by atoms with E-state index in [0.29, 0.717) is 5.56 Å². The average molecular weight is 446 g/mol. The number of rotatable bonds is 4. The Morgan fingerprint density at radius 2 is 1.88 bits per heavy atom. The molecule has 0 spiro atoms. The monoisotopic (exact) mass is 446 g/mol. The van der Waals surface area contributed by atoms with E-state index in [2.05, 4.69) is 4.99 Å². The zero-order chi connectivity index (χ0) is 23.5. The number of nitrogens with zero attached hydrogens (tertiary/aromatic N) is 2. The highest BCUT2D eigenvalue weighted by Crippen LogP contribution is 2.37. The first kappa shape index (κ1) is 22.7. The number of anilines is 1. The third-order valence-corrected chi connectivity index (χ3v) is 4.87. The van der Waals surface area contributed by atoms with Crippen molar-refractivity contribution in [1.29, 1.82) is 0 Å².